The Morgan fingerprint density at radius 1 is 1.43 bits per heavy atom. The molecule has 70 valence electrons. The summed E-state index contributed by atoms with van der Waals surface area (Å²) < 4.78 is 0. The number of nitrogens with one attached hydrogen (secondary N) is 1. The van der Waals surface area contributed by atoms with Crippen LogP contribution in [0.5, 0.6) is 0 Å². The van der Waals surface area contributed by atoms with Crippen molar-refractivity contribution in [3.8, 4) is 0 Å². The number of aromatic amines is 1. The van der Waals surface area contributed by atoms with Gasteiger partial charge in [-0.15, -0.1) is 0 Å². The molecule has 2 heteroatoms. The van der Waals surface area contributed by atoms with Crippen LogP contribution in [0.1, 0.15) is 17.0 Å². The van der Waals surface area contributed by atoms with Crippen LogP contribution in [0.25, 0.3) is 5.57 Å². The van der Waals surface area contributed by atoms with Gasteiger partial charge >= 0.3 is 0 Å². The molecular weight excluding hydrogens is 172 g/mol. The largest absolute Gasteiger partial charge is 0.345 e. The lowest BCUT2D eigenvalue weighted by atomic mass is 10.0. The second-order valence-electron chi connectivity index (χ2n) is 3.29. The highest BCUT2D eigenvalue weighted by atomic mass is 14.9. The SMILES string of the molecule is C=C(c1cccc(C)c1)c1ncc[nH]1. The summed E-state index contributed by atoms with van der Waals surface area (Å²) in [5.74, 6) is 0.829. The number of benzene rings is 1. The number of nitrogens with zero attached hydrogens (tertiary/aromatic N) is 1. The van der Waals surface area contributed by atoms with Gasteiger partial charge in [-0.1, -0.05) is 36.4 Å². The molecule has 0 unspecified atom stereocenters. The van der Waals surface area contributed by atoms with Crippen LogP contribution in [-0.2, 0) is 0 Å². The molecule has 0 amide bonds. The zero-order chi connectivity index (χ0) is 9.97. The first-order valence-corrected chi connectivity index (χ1v) is 4.53. The normalized spacial score (nSPS) is 10.1. The molecule has 1 aromatic heterocycles. The average molecular weight is 184 g/mol. The molecule has 2 rings (SSSR count). The maximum Gasteiger partial charge on any atom is 0.137 e. The molecule has 0 saturated carbocycles. The van der Waals surface area contributed by atoms with Crippen LogP contribution in [-0.4, -0.2) is 9.97 Å². The van der Waals surface area contributed by atoms with E-state index in [-0.39, 0.29) is 0 Å². The molecule has 0 bridgehead atoms. The number of aryl methyl sites for hydroxylation is 1. The van der Waals surface area contributed by atoms with E-state index >= 15 is 0 Å². The van der Waals surface area contributed by atoms with E-state index in [1.807, 2.05) is 12.1 Å². The molecule has 2 aromatic rings. The first kappa shape index (κ1) is 8.75. The lowest BCUT2D eigenvalue weighted by molar-refractivity contribution is 1.24. The van der Waals surface area contributed by atoms with Crippen LogP contribution in [0.2, 0.25) is 0 Å². The zero-order valence-electron chi connectivity index (χ0n) is 8.12. The summed E-state index contributed by atoms with van der Waals surface area (Å²) in [6, 6.07) is 8.24. The average Bonchev–Trinajstić information content (AvgIpc) is 2.69. The topological polar surface area (TPSA) is 28.7 Å². The van der Waals surface area contributed by atoms with Crippen molar-refractivity contribution in [2.75, 3.05) is 0 Å². The van der Waals surface area contributed by atoms with Crippen LogP contribution in [0.3, 0.4) is 0 Å². The number of hydrogen-bond acceptors (Lipinski definition) is 1. The standard InChI is InChI=1S/C12H12N2/c1-9-4-3-5-11(8-9)10(2)12-13-6-7-14-12/h3-8H,2H2,1H3,(H,13,14). The fourth-order valence-electron chi connectivity index (χ4n) is 1.40. The van der Waals surface area contributed by atoms with Crippen LogP contribution in [0, 0.1) is 6.92 Å². The molecule has 0 radical (unpaired) electrons. The van der Waals surface area contributed by atoms with Crippen molar-refractivity contribution in [3.63, 3.8) is 0 Å². The molecule has 0 spiro atoms. The molecule has 14 heavy (non-hydrogen) atoms. The minimum absolute atomic E-state index is 0.829. The van der Waals surface area contributed by atoms with Gasteiger partial charge in [-0.3, -0.25) is 0 Å². The Balaban J connectivity index is 2.37. The molecule has 1 heterocycles. The number of rotatable bonds is 2. The van der Waals surface area contributed by atoms with Crippen molar-refractivity contribution >= 4 is 5.57 Å². The van der Waals surface area contributed by atoms with Gasteiger partial charge in [0, 0.05) is 18.0 Å². The van der Waals surface area contributed by atoms with Crippen molar-refractivity contribution in [1.82, 2.24) is 9.97 Å². The summed E-state index contributed by atoms with van der Waals surface area (Å²) in [7, 11) is 0. The third-order valence-electron chi connectivity index (χ3n) is 2.15. The lowest BCUT2D eigenvalue weighted by Gasteiger charge is -2.03. The Labute approximate surface area is 83.3 Å². The summed E-state index contributed by atoms with van der Waals surface area (Å²) in [4.78, 5) is 7.21. The molecule has 2 nitrogen and oxygen atoms in total. The Hall–Kier alpha value is -1.83. The van der Waals surface area contributed by atoms with Crippen molar-refractivity contribution in [2.45, 2.75) is 6.92 Å². The number of imidazole rings is 1. The molecule has 1 aromatic carbocycles. The summed E-state index contributed by atoms with van der Waals surface area (Å²) in [6.07, 6.45) is 3.53. The van der Waals surface area contributed by atoms with Gasteiger partial charge in [-0.05, 0) is 12.5 Å². The Kier molecular flexibility index (Phi) is 2.19. The van der Waals surface area contributed by atoms with E-state index < -0.39 is 0 Å². The third-order valence-corrected chi connectivity index (χ3v) is 2.15. The number of H-pyrrole nitrogens is 1. The van der Waals surface area contributed by atoms with Gasteiger partial charge in [0.05, 0.1) is 0 Å². The van der Waals surface area contributed by atoms with E-state index in [0.29, 0.717) is 0 Å². The minimum Gasteiger partial charge on any atom is -0.345 e. The van der Waals surface area contributed by atoms with E-state index in [4.69, 9.17) is 0 Å². The Morgan fingerprint density at radius 3 is 2.93 bits per heavy atom. The van der Waals surface area contributed by atoms with Crippen LogP contribution >= 0.6 is 0 Å². The maximum absolute atomic E-state index is 4.17. The molecule has 0 fully saturated rings. The molecule has 0 saturated heterocycles. The summed E-state index contributed by atoms with van der Waals surface area (Å²) in [5, 5.41) is 0. The van der Waals surface area contributed by atoms with Crippen LogP contribution < -0.4 is 0 Å². The smallest absolute Gasteiger partial charge is 0.137 e. The van der Waals surface area contributed by atoms with Crippen LogP contribution in [0.15, 0.2) is 43.2 Å². The highest BCUT2D eigenvalue weighted by molar-refractivity contribution is 5.74. The van der Waals surface area contributed by atoms with Crippen molar-refractivity contribution in [3.05, 3.63) is 60.2 Å². The predicted octanol–water partition coefficient (Wildman–Crippen LogP) is 2.78. The monoisotopic (exact) mass is 184 g/mol. The van der Waals surface area contributed by atoms with Gasteiger partial charge in [0.2, 0.25) is 0 Å². The highest BCUT2D eigenvalue weighted by Crippen LogP contribution is 2.18. The molecule has 0 aliphatic rings. The highest BCUT2D eigenvalue weighted by Gasteiger charge is 2.03. The first-order chi connectivity index (χ1) is 6.77. The lowest BCUT2D eigenvalue weighted by Crippen LogP contribution is -1.88. The van der Waals surface area contributed by atoms with E-state index in [0.717, 1.165) is 17.0 Å². The molecular formula is C12H12N2. The summed E-state index contributed by atoms with van der Waals surface area (Å²) in [5.41, 5.74) is 3.27. The minimum atomic E-state index is 0.829. The van der Waals surface area contributed by atoms with Gasteiger partial charge in [-0.25, -0.2) is 4.98 Å². The van der Waals surface area contributed by atoms with Crippen molar-refractivity contribution in [2.24, 2.45) is 0 Å². The Morgan fingerprint density at radius 2 is 2.29 bits per heavy atom. The molecule has 0 atom stereocenters. The molecule has 0 aliphatic heterocycles. The fourth-order valence-corrected chi connectivity index (χ4v) is 1.40. The Bertz CT molecular complexity index is 441. The summed E-state index contributed by atoms with van der Waals surface area (Å²) in [6.45, 7) is 6.08. The van der Waals surface area contributed by atoms with E-state index in [1.165, 1.54) is 5.56 Å². The van der Waals surface area contributed by atoms with Crippen LogP contribution in [0.4, 0.5) is 0 Å². The fraction of sp³-hybridized carbons (Fsp3) is 0.0833. The first-order valence-electron chi connectivity index (χ1n) is 4.53. The second-order valence-corrected chi connectivity index (χ2v) is 3.29. The van der Waals surface area contributed by atoms with Gasteiger partial charge in [0.15, 0.2) is 0 Å². The van der Waals surface area contributed by atoms with E-state index in [9.17, 15) is 0 Å². The molecule has 1 N–H and O–H groups in total. The van der Waals surface area contributed by atoms with Gasteiger partial charge in [0.1, 0.15) is 5.82 Å². The van der Waals surface area contributed by atoms with Gasteiger partial charge in [0.25, 0.3) is 0 Å². The van der Waals surface area contributed by atoms with E-state index in [2.05, 4.69) is 35.6 Å². The predicted molar refractivity (Wildman–Crippen MR) is 57.9 cm³/mol. The van der Waals surface area contributed by atoms with Gasteiger partial charge in [-0.2, -0.15) is 0 Å². The van der Waals surface area contributed by atoms with E-state index in [1.54, 1.807) is 12.4 Å². The van der Waals surface area contributed by atoms with Crippen molar-refractivity contribution < 1.29 is 0 Å². The number of hydrogen-bond donors (Lipinski definition) is 1. The third kappa shape index (κ3) is 1.59. The van der Waals surface area contributed by atoms with Crippen molar-refractivity contribution in [1.29, 1.82) is 0 Å². The molecule has 0 aliphatic carbocycles. The number of aromatic nitrogens is 2. The second kappa shape index (κ2) is 3.50. The zero-order valence-corrected chi connectivity index (χ0v) is 8.12. The summed E-state index contributed by atoms with van der Waals surface area (Å²) >= 11 is 0. The quantitative estimate of drug-likeness (QED) is 0.763. The van der Waals surface area contributed by atoms with Gasteiger partial charge < -0.3 is 4.98 Å². The maximum atomic E-state index is 4.17.